The van der Waals surface area contributed by atoms with E-state index in [0.29, 0.717) is 17.1 Å². The van der Waals surface area contributed by atoms with Crippen molar-refractivity contribution in [3.05, 3.63) is 110 Å². The number of carbonyl (C=O) groups excluding carboxylic acids is 1. The average molecular weight is 393 g/mol. The topological polar surface area (TPSA) is 63.5 Å². The summed E-state index contributed by atoms with van der Waals surface area (Å²) < 4.78 is 0. The summed E-state index contributed by atoms with van der Waals surface area (Å²) in [5.74, 6) is -0.0444. The Kier molecular flexibility index (Phi) is 4.61. The van der Waals surface area contributed by atoms with Gasteiger partial charge in [0.05, 0.1) is 11.0 Å². The Morgan fingerprint density at radius 1 is 1.04 bits per heavy atom. The fourth-order valence-electron chi connectivity index (χ4n) is 3.62. The second-order valence-electron chi connectivity index (χ2n) is 6.90. The summed E-state index contributed by atoms with van der Waals surface area (Å²) in [5.41, 5.74) is 4.52. The molecule has 1 heterocycles. The van der Waals surface area contributed by atoms with Crippen LogP contribution in [0.25, 0.3) is 0 Å². The monoisotopic (exact) mass is 392 g/mol. The van der Waals surface area contributed by atoms with E-state index in [0.717, 1.165) is 22.3 Å². The zero-order chi connectivity index (χ0) is 19.8. The molecule has 0 spiro atoms. The van der Waals surface area contributed by atoms with Crippen molar-refractivity contribution in [3.8, 4) is 0 Å². The van der Waals surface area contributed by atoms with Gasteiger partial charge in [0.1, 0.15) is 0 Å². The molecule has 0 saturated carbocycles. The number of nitro benzene ring substituents is 1. The minimum Gasteiger partial charge on any atom is -0.323 e. The molecule has 0 bridgehead atoms. The van der Waals surface area contributed by atoms with E-state index < -0.39 is 4.92 Å². The van der Waals surface area contributed by atoms with Crippen molar-refractivity contribution < 1.29 is 9.72 Å². The lowest BCUT2D eigenvalue weighted by atomic mass is 9.96. The Bertz CT molecular complexity index is 1060. The van der Waals surface area contributed by atoms with Crippen LogP contribution in [0.2, 0.25) is 5.02 Å². The summed E-state index contributed by atoms with van der Waals surface area (Å²) >= 11 is 6.04. The third-order valence-electron chi connectivity index (χ3n) is 4.99. The Balaban J connectivity index is 1.74. The molecule has 1 unspecified atom stereocenters. The summed E-state index contributed by atoms with van der Waals surface area (Å²) in [6.07, 6.45) is 0. The van der Waals surface area contributed by atoms with Gasteiger partial charge in [0.25, 0.3) is 11.6 Å². The molecule has 1 aliphatic heterocycles. The van der Waals surface area contributed by atoms with Gasteiger partial charge in [-0.05, 0) is 41.8 Å². The van der Waals surface area contributed by atoms with Gasteiger partial charge in [0.2, 0.25) is 0 Å². The standard InChI is InChI=1S/C22H17ClN2O3/c1-14-2-11-19-20(12-14)22(26)24(21(19)16-5-7-17(23)8-6-16)13-15-3-9-18(10-4-15)25(27)28/h2-12,21H,13H2,1H3. The molecule has 1 atom stereocenters. The average Bonchev–Trinajstić information content (AvgIpc) is 2.94. The van der Waals surface area contributed by atoms with Gasteiger partial charge in [-0.15, -0.1) is 0 Å². The first-order valence-electron chi connectivity index (χ1n) is 8.84. The maximum Gasteiger partial charge on any atom is 0.269 e. The van der Waals surface area contributed by atoms with Crippen molar-refractivity contribution in [2.24, 2.45) is 0 Å². The van der Waals surface area contributed by atoms with Gasteiger partial charge < -0.3 is 4.90 Å². The van der Waals surface area contributed by atoms with Crippen LogP contribution in [-0.4, -0.2) is 15.7 Å². The van der Waals surface area contributed by atoms with Crippen LogP contribution in [-0.2, 0) is 6.54 Å². The number of hydrogen-bond acceptors (Lipinski definition) is 3. The maximum atomic E-state index is 13.2. The van der Waals surface area contributed by atoms with E-state index in [-0.39, 0.29) is 17.6 Å². The third kappa shape index (κ3) is 3.25. The van der Waals surface area contributed by atoms with Crippen molar-refractivity contribution in [2.75, 3.05) is 0 Å². The zero-order valence-corrected chi connectivity index (χ0v) is 15.9. The summed E-state index contributed by atoms with van der Waals surface area (Å²) in [5, 5.41) is 11.5. The maximum absolute atomic E-state index is 13.2. The van der Waals surface area contributed by atoms with Crippen molar-refractivity contribution in [3.63, 3.8) is 0 Å². The molecule has 0 fully saturated rings. The summed E-state index contributed by atoms with van der Waals surface area (Å²) in [6.45, 7) is 2.32. The van der Waals surface area contributed by atoms with E-state index in [1.807, 2.05) is 49.4 Å². The van der Waals surface area contributed by atoms with E-state index in [1.165, 1.54) is 12.1 Å². The number of non-ortho nitro benzene ring substituents is 1. The summed E-state index contributed by atoms with van der Waals surface area (Å²) in [4.78, 5) is 25.4. The number of hydrogen-bond donors (Lipinski definition) is 0. The van der Waals surface area contributed by atoms with Gasteiger partial charge in [-0.3, -0.25) is 14.9 Å². The van der Waals surface area contributed by atoms with Gasteiger partial charge in [-0.2, -0.15) is 0 Å². The predicted octanol–water partition coefficient (Wildman–Crippen LogP) is 5.30. The largest absolute Gasteiger partial charge is 0.323 e. The third-order valence-corrected chi connectivity index (χ3v) is 5.24. The normalized spacial score (nSPS) is 15.6. The minimum absolute atomic E-state index is 0.0321. The Labute approximate surface area is 167 Å². The molecule has 6 heteroatoms. The van der Waals surface area contributed by atoms with Crippen molar-refractivity contribution in [1.82, 2.24) is 4.90 Å². The van der Waals surface area contributed by atoms with E-state index in [1.54, 1.807) is 17.0 Å². The highest BCUT2D eigenvalue weighted by Crippen LogP contribution is 2.40. The lowest BCUT2D eigenvalue weighted by Gasteiger charge is -2.26. The molecule has 5 nitrogen and oxygen atoms in total. The molecule has 0 saturated heterocycles. The number of fused-ring (bicyclic) bond motifs is 1. The summed E-state index contributed by atoms with van der Waals surface area (Å²) in [7, 11) is 0. The van der Waals surface area contributed by atoms with Crippen molar-refractivity contribution in [1.29, 1.82) is 0 Å². The van der Waals surface area contributed by atoms with Crippen LogP contribution < -0.4 is 0 Å². The zero-order valence-electron chi connectivity index (χ0n) is 15.1. The van der Waals surface area contributed by atoms with E-state index in [4.69, 9.17) is 11.6 Å². The van der Waals surface area contributed by atoms with Crippen LogP contribution in [0.5, 0.6) is 0 Å². The molecule has 1 aliphatic rings. The van der Waals surface area contributed by atoms with Crippen molar-refractivity contribution >= 4 is 23.2 Å². The highest BCUT2D eigenvalue weighted by Gasteiger charge is 2.37. The Morgan fingerprint density at radius 2 is 1.71 bits per heavy atom. The SMILES string of the molecule is Cc1ccc2c(c1)C(=O)N(Cc1ccc([N+](=O)[O-])cc1)C2c1ccc(Cl)cc1. The molecule has 3 aromatic rings. The number of nitro groups is 1. The molecule has 0 N–H and O–H groups in total. The fourth-order valence-corrected chi connectivity index (χ4v) is 3.75. The predicted molar refractivity (Wildman–Crippen MR) is 107 cm³/mol. The molecule has 1 amide bonds. The number of benzene rings is 3. The van der Waals surface area contributed by atoms with Crippen LogP contribution in [0.3, 0.4) is 0 Å². The van der Waals surface area contributed by atoms with Crippen LogP contribution in [0.1, 0.15) is 38.7 Å². The van der Waals surface area contributed by atoms with E-state index in [9.17, 15) is 14.9 Å². The Hall–Kier alpha value is -3.18. The second kappa shape index (κ2) is 7.09. The molecule has 0 aromatic heterocycles. The van der Waals surface area contributed by atoms with Crippen LogP contribution in [0.4, 0.5) is 5.69 Å². The van der Waals surface area contributed by atoms with Crippen LogP contribution >= 0.6 is 11.6 Å². The number of carbonyl (C=O) groups is 1. The van der Waals surface area contributed by atoms with Gasteiger partial charge >= 0.3 is 0 Å². The highest BCUT2D eigenvalue weighted by atomic mass is 35.5. The highest BCUT2D eigenvalue weighted by molar-refractivity contribution is 6.30. The lowest BCUT2D eigenvalue weighted by Crippen LogP contribution is -2.28. The van der Waals surface area contributed by atoms with E-state index >= 15 is 0 Å². The molecular weight excluding hydrogens is 376 g/mol. The first-order chi connectivity index (χ1) is 13.4. The minimum atomic E-state index is -0.431. The van der Waals surface area contributed by atoms with Crippen LogP contribution in [0.15, 0.2) is 66.7 Å². The number of aryl methyl sites for hydroxylation is 1. The number of halogens is 1. The molecule has 4 rings (SSSR count). The Morgan fingerprint density at radius 3 is 2.36 bits per heavy atom. The first-order valence-corrected chi connectivity index (χ1v) is 9.22. The lowest BCUT2D eigenvalue weighted by molar-refractivity contribution is -0.384. The van der Waals surface area contributed by atoms with Crippen molar-refractivity contribution in [2.45, 2.75) is 19.5 Å². The van der Waals surface area contributed by atoms with Gasteiger partial charge in [-0.25, -0.2) is 0 Å². The number of amides is 1. The number of rotatable bonds is 4. The summed E-state index contributed by atoms with van der Waals surface area (Å²) in [6, 6.07) is 19.5. The quantitative estimate of drug-likeness (QED) is 0.447. The number of nitrogens with zero attached hydrogens (tertiary/aromatic N) is 2. The molecule has 0 aliphatic carbocycles. The van der Waals surface area contributed by atoms with Gasteiger partial charge in [-0.1, -0.05) is 53.6 Å². The molecule has 3 aromatic carbocycles. The molecule has 28 heavy (non-hydrogen) atoms. The first kappa shape index (κ1) is 18.2. The van der Waals surface area contributed by atoms with E-state index in [2.05, 4.69) is 0 Å². The molecule has 0 radical (unpaired) electrons. The van der Waals surface area contributed by atoms with Gasteiger partial charge in [0, 0.05) is 29.3 Å². The smallest absolute Gasteiger partial charge is 0.269 e. The molecule has 140 valence electrons. The van der Waals surface area contributed by atoms with Crippen LogP contribution in [0, 0.1) is 17.0 Å². The van der Waals surface area contributed by atoms with Gasteiger partial charge in [0.15, 0.2) is 0 Å². The second-order valence-corrected chi connectivity index (χ2v) is 7.34. The molecular formula is C22H17ClN2O3. The fraction of sp³-hybridized carbons (Fsp3) is 0.136.